The standard InChI is InChI=1S/C6H11.C2H5.B.Y/c1-5-6(2,3)4;1-2;;/h1H2,2-4H3;1H2,2H3;;/q2*-1;;. The van der Waals surface area contributed by atoms with Gasteiger partial charge in [0.15, 0.2) is 0 Å². The Kier molecular flexibility index (Phi) is 28.2. The summed E-state index contributed by atoms with van der Waals surface area (Å²) in [5.41, 5.74) is 0.181. The van der Waals surface area contributed by atoms with Crippen molar-refractivity contribution >= 4 is 8.41 Å². The quantitative estimate of drug-likeness (QED) is 0.427. The van der Waals surface area contributed by atoms with Crippen LogP contribution in [-0.4, -0.2) is 8.41 Å². The first-order chi connectivity index (χ1) is 3.56. The molecule has 0 saturated heterocycles. The van der Waals surface area contributed by atoms with E-state index in [-0.39, 0.29) is 46.5 Å². The van der Waals surface area contributed by atoms with Crippen molar-refractivity contribution in [2.45, 2.75) is 27.7 Å². The van der Waals surface area contributed by atoms with Crippen LogP contribution in [0.1, 0.15) is 27.7 Å². The molecule has 0 aliphatic rings. The summed E-state index contributed by atoms with van der Waals surface area (Å²) in [7, 11) is 0. The van der Waals surface area contributed by atoms with E-state index in [0.29, 0.717) is 0 Å². The van der Waals surface area contributed by atoms with Crippen LogP contribution in [0.15, 0.2) is 6.58 Å². The molecule has 0 bridgehead atoms. The van der Waals surface area contributed by atoms with Gasteiger partial charge in [0.25, 0.3) is 0 Å². The van der Waals surface area contributed by atoms with Gasteiger partial charge in [-0.1, -0.05) is 20.8 Å². The van der Waals surface area contributed by atoms with Crippen molar-refractivity contribution < 1.29 is 32.7 Å². The molecule has 0 aromatic carbocycles. The molecule has 0 aliphatic carbocycles. The first kappa shape index (κ1) is 22.4. The Morgan fingerprint density at radius 1 is 1.20 bits per heavy atom. The summed E-state index contributed by atoms with van der Waals surface area (Å²) < 4.78 is 0. The summed E-state index contributed by atoms with van der Waals surface area (Å²) in [4.78, 5) is 0. The fourth-order valence-electron chi connectivity index (χ4n) is 0. The van der Waals surface area contributed by atoms with E-state index >= 15 is 0 Å². The Bertz CT molecular complexity index is 54.8. The van der Waals surface area contributed by atoms with Gasteiger partial charge in [-0.3, -0.25) is 6.58 Å². The maximum Gasteiger partial charge on any atom is 0 e. The van der Waals surface area contributed by atoms with Crippen molar-refractivity contribution in [1.82, 2.24) is 0 Å². The minimum absolute atomic E-state index is 0. The maximum absolute atomic E-state index is 3.51. The molecule has 0 aliphatic heterocycles. The normalized spacial score (nSPS) is 7.30. The smallest absolute Gasteiger partial charge is 0 e. The summed E-state index contributed by atoms with van der Waals surface area (Å²) in [5.74, 6) is 0. The largest absolute Gasteiger partial charge is 0.498 e. The molecular formula is C8H16BY-2. The minimum atomic E-state index is 0. The Balaban J connectivity index is -0.0000000412. The van der Waals surface area contributed by atoms with Crippen LogP contribution in [0.3, 0.4) is 0 Å². The summed E-state index contributed by atoms with van der Waals surface area (Å²) in [5, 5.41) is 0. The molecule has 4 radical (unpaired) electrons. The van der Waals surface area contributed by atoms with Gasteiger partial charge in [-0.2, -0.15) is 12.3 Å². The third-order valence-corrected chi connectivity index (χ3v) is 0.530. The SMILES string of the molecule is C=[C-]C(C)(C)C.[B].[CH2-]C.[Y]. The maximum atomic E-state index is 3.51. The molecule has 0 saturated carbocycles. The third kappa shape index (κ3) is 36.5. The predicted octanol–water partition coefficient (Wildman–Crippen LogP) is 2.48. The Labute approximate surface area is 93.3 Å². The molecule has 0 aromatic rings. The van der Waals surface area contributed by atoms with E-state index < -0.39 is 0 Å². The molecule has 0 unspecified atom stereocenters. The Morgan fingerprint density at radius 2 is 1.30 bits per heavy atom. The Morgan fingerprint density at radius 3 is 1.30 bits per heavy atom. The van der Waals surface area contributed by atoms with Gasteiger partial charge in [0.2, 0.25) is 0 Å². The van der Waals surface area contributed by atoms with Gasteiger partial charge in [-0.25, -0.2) is 0 Å². The van der Waals surface area contributed by atoms with Crippen LogP contribution in [-0.2, 0) is 32.7 Å². The number of allylic oxidation sites excluding steroid dienone is 1. The zero-order chi connectivity index (χ0) is 7.21. The van der Waals surface area contributed by atoms with Crippen LogP contribution in [0, 0.1) is 18.4 Å². The van der Waals surface area contributed by atoms with Gasteiger partial charge < -0.3 is 13.0 Å². The molecule has 2 heteroatoms. The van der Waals surface area contributed by atoms with Gasteiger partial charge in [0.05, 0.1) is 0 Å². The molecule has 0 atom stereocenters. The minimum Gasteiger partial charge on any atom is -0.498 e. The summed E-state index contributed by atoms with van der Waals surface area (Å²) in [6, 6.07) is 0. The van der Waals surface area contributed by atoms with Crippen LogP contribution in [0.4, 0.5) is 0 Å². The second-order valence-corrected chi connectivity index (χ2v) is 2.43. The average Bonchev–Trinajstić information content (AvgIpc) is 1.71. The molecule has 0 aromatic heterocycles. The third-order valence-electron chi connectivity index (χ3n) is 0.530. The molecule has 0 amide bonds. The van der Waals surface area contributed by atoms with Crippen LogP contribution in [0.2, 0.25) is 0 Å². The van der Waals surface area contributed by atoms with Gasteiger partial charge in [0, 0.05) is 41.1 Å². The second kappa shape index (κ2) is 12.6. The zero-order valence-corrected chi connectivity index (χ0v) is 10.4. The summed E-state index contributed by atoms with van der Waals surface area (Å²) in [6.45, 7) is 14.7. The van der Waals surface area contributed by atoms with Gasteiger partial charge >= 0.3 is 0 Å². The molecule has 0 rings (SSSR count). The summed E-state index contributed by atoms with van der Waals surface area (Å²) in [6.07, 6.45) is 2.85. The molecule has 0 nitrogen and oxygen atoms in total. The van der Waals surface area contributed by atoms with Crippen LogP contribution in [0.5, 0.6) is 0 Å². The van der Waals surface area contributed by atoms with Crippen LogP contribution >= 0.6 is 0 Å². The van der Waals surface area contributed by atoms with Crippen molar-refractivity contribution in [3.05, 3.63) is 19.6 Å². The van der Waals surface area contributed by atoms with Crippen molar-refractivity contribution in [1.29, 1.82) is 0 Å². The molecule has 0 heterocycles. The van der Waals surface area contributed by atoms with Crippen molar-refractivity contribution in [2.75, 3.05) is 0 Å². The van der Waals surface area contributed by atoms with E-state index in [2.05, 4.69) is 40.3 Å². The van der Waals surface area contributed by atoms with E-state index in [1.54, 1.807) is 6.92 Å². The first-order valence-electron chi connectivity index (χ1n) is 2.81. The zero-order valence-electron chi connectivity index (χ0n) is 7.57. The predicted molar refractivity (Wildman–Crippen MR) is 45.1 cm³/mol. The molecular weight excluding hydrogens is 196 g/mol. The molecule has 56 valence electrons. The topological polar surface area (TPSA) is 0 Å². The van der Waals surface area contributed by atoms with Crippen molar-refractivity contribution in [2.24, 2.45) is 5.41 Å². The van der Waals surface area contributed by atoms with E-state index in [0.717, 1.165) is 0 Å². The van der Waals surface area contributed by atoms with Crippen molar-refractivity contribution in [3.63, 3.8) is 0 Å². The van der Waals surface area contributed by atoms with E-state index in [9.17, 15) is 0 Å². The molecule has 10 heavy (non-hydrogen) atoms. The second-order valence-electron chi connectivity index (χ2n) is 2.43. The fraction of sp³-hybridized carbons (Fsp3) is 0.625. The van der Waals surface area contributed by atoms with E-state index in [1.807, 2.05) is 0 Å². The fourth-order valence-corrected chi connectivity index (χ4v) is 0. The van der Waals surface area contributed by atoms with E-state index in [1.165, 1.54) is 0 Å². The molecule has 0 spiro atoms. The number of rotatable bonds is 0. The number of hydrogen-bond donors (Lipinski definition) is 0. The molecule has 0 fully saturated rings. The average molecular weight is 212 g/mol. The first-order valence-corrected chi connectivity index (χ1v) is 2.81. The van der Waals surface area contributed by atoms with E-state index in [4.69, 9.17) is 0 Å². The van der Waals surface area contributed by atoms with Crippen LogP contribution in [0.25, 0.3) is 0 Å². The van der Waals surface area contributed by atoms with Gasteiger partial charge in [0.1, 0.15) is 0 Å². The Hall–Kier alpha value is 0.909. The van der Waals surface area contributed by atoms with Gasteiger partial charge in [-0.05, 0) is 0 Å². The monoisotopic (exact) mass is 212 g/mol. The number of hydrogen-bond acceptors (Lipinski definition) is 0. The summed E-state index contributed by atoms with van der Waals surface area (Å²) >= 11 is 0. The van der Waals surface area contributed by atoms with Crippen molar-refractivity contribution in [3.8, 4) is 0 Å². The van der Waals surface area contributed by atoms with Gasteiger partial charge in [-0.15, -0.1) is 0 Å². The molecule has 0 N–H and O–H groups in total. The van der Waals surface area contributed by atoms with Crippen LogP contribution < -0.4 is 0 Å².